The molecule has 0 aliphatic carbocycles. The summed E-state index contributed by atoms with van der Waals surface area (Å²) in [5.41, 5.74) is 2.07. The van der Waals surface area contributed by atoms with Gasteiger partial charge in [0.15, 0.2) is 0 Å². The molecule has 2 rings (SSSR count). The largest absolute Gasteiger partial charge is 0.390 e. The van der Waals surface area contributed by atoms with Gasteiger partial charge in [-0.05, 0) is 5.56 Å². The van der Waals surface area contributed by atoms with E-state index in [1.807, 2.05) is 36.4 Å². The molecule has 1 aromatic rings. The first-order valence-corrected chi connectivity index (χ1v) is 7.51. The number of rotatable bonds is 9. The molecule has 1 aromatic carbocycles. The van der Waals surface area contributed by atoms with E-state index in [-0.39, 0.29) is 6.10 Å². The van der Waals surface area contributed by atoms with Crippen molar-refractivity contribution in [3.8, 4) is 0 Å². The molecule has 0 saturated heterocycles. The van der Waals surface area contributed by atoms with Crippen LogP contribution in [-0.2, 0) is 9.57 Å². The van der Waals surface area contributed by atoms with E-state index in [0.29, 0.717) is 26.2 Å². The van der Waals surface area contributed by atoms with Crippen molar-refractivity contribution < 1.29 is 14.7 Å². The second-order valence-corrected chi connectivity index (χ2v) is 5.45. The van der Waals surface area contributed by atoms with Crippen LogP contribution in [0.5, 0.6) is 0 Å². The van der Waals surface area contributed by atoms with Crippen molar-refractivity contribution in [2.75, 3.05) is 33.4 Å². The third kappa shape index (κ3) is 4.94. The highest BCUT2D eigenvalue weighted by Crippen LogP contribution is 2.17. The van der Waals surface area contributed by atoms with E-state index in [1.54, 1.807) is 7.11 Å². The lowest BCUT2D eigenvalue weighted by atomic mass is 10.0. The Bertz CT molecular complexity index is 490. The number of aliphatic hydroxyl groups is 1. The van der Waals surface area contributed by atoms with Crippen molar-refractivity contribution >= 4 is 5.71 Å². The smallest absolute Gasteiger partial charge is 0.145 e. The predicted molar refractivity (Wildman–Crippen MR) is 87.0 cm³/mol. The first-order chi connectivity index (χ1) is 10.7. The maximum absolute atomic E-state index is 9.88. The van der Waals surface area contributed by atoms with E-state index in [1.165, 1.54) is 0 Å². The van der Waals surface area contributed by atoms with Gasteiger partial charge in [-0.15, -0.1) is 6.58 Å². The fourth-order valence-electron chi connectivity index (χ4n) is 2.56. The highest BCUT2D eigenvalue weighted by atomic mass is 16.6. The van der Waals surface area contributed by atoms with Crippen LogP contribution in [-0.4, -0.2) is 61.3 Å². The zero-order chi connectivity index (χ0) is 15.8. The summed E-state index contributed by atoms with van der Waals surface area (Å²) in [5.74, 6) is 0. The lowest BCUT2D eigenvalue weighted by molar-refractivity contribution is 0.0154. The summed E-state index contributed by atoms with van der Waals surface area (Å²) in [6.07, 6.45) is 2.09. The van der Waals surface area contributed by atoms with Gasteiger partial charge in [-0.25, -0.2) is 0 Å². The number of methoxy groups -OCH3 is 1. The molecule has 22 heavy (non-hydrogen) atoms. The molecule has 1 aliphatic heterocycles. The molecule has 0 bridgehead atoms. The number of benzene rings is 1. The minimum Gasteiger partial charge on any atom is -0.390 e. The van der Waals surface area contributed by atoms with Crippen LogP contribution in [0.15, 0.2) is 48.1 Å². The molecule has 1 aliphatic rings. The van der Waals surface area contributed by atoms with Gasteiger partial charge in [0.2, 0.25) is 0 Å². The summed E-state index contributed by atoms with van der Waals surface area (Å²) in [7, 11) is 1.58. The normalized spacial score (nSPS) is 18.9. The average Bonchev–Trinajstić information content (AvgIpc) is 2.97. The van der Waals surface area contributed by atoms with E-state index in [9.17, 15) is 5.11 Å². The van der Waals surface area contributed by atoms with Crippen molar-refractivity contribution in [3.05, 3.63) is 48.6 Å². The fraction of sp³-hybridized carbons (Fsp3) is 0.471. The zero-order valence-corrected chi connectivity index (χ0v) is 13.0. The summed E-state index contributed by atoms with van der Waals surface area (Å²) >= 11 is 0. The molecule has 5 heteroatoms. The molecule has 0 saturated carbocycles. The molecular weight excluding hydrogens is 280 g/mol. The fourth-order valence-corrected chi connectivity index (χ4v) is 2.56. The van der Waals surface area contributed by atoms with Gasteiger partial charge in [-0.1, -0.05) is 41.6 Å². The molecule has 0 radical (unpaired) electrons. The summed E-state index contributed by atoms with van der Waals surface area (Å²) in [6, 6.07) is 10.1. The second kappa shape index (κ2) is 8.68. The van der Waals surface area contributed by atoms with E-state index >= 15 is 0 Å². The maximum Gasteiger partial charge on any atom is 0.145 e. The number of aliphatic hydroxyl groups excluding tert-OH is 1. The minimum atomic E-state index is -0.513. The van der Waals surface area contributed by atoms with Crippen LogP contribution in [0.1, 0.15) is 12.0 Å². The third-order valence-corrected chi connectivity index (χ3v) is 3.52. The second-order valence-electron chi connectivity index (χ2n) is 5.45. The number of nitrogens with zero attached hydrogens (tertiary/aromatic N) is 2. The third-order valence-electron chi connectivity index (χ3n) is 3.52. The molecule has 0 amide bonds. The molecule has 0 fully saturated rings. The van der Waals surface area contributed by atoms with E-state index in [0.717, 1.165) is 17.7 Å². The lowest BCUT2D eigenvalue weighted by Gasteiger charge is -2.25. The summed E-state index contributed by atoms with van der Waals surface area (Å²) < 4.78 is 4.97. The number of hydrogen-bond acceptors (Lipinski definition) is 5. The zero-order valence-electron chi connectivity index (χ0n) is 13.0. The lowest BCUT2D eigenvalue weighted by Crippen LogP contribution is -2.39. The Kier molecular flexibility index (Phi) is 6.58. The first kappa shape index (κ1) is 16.7. The predicted octanol–water partition coefficient (Wildman–Crippen LogP) is 1.67. The van der Waals surface area contributed by atoms with E-state index < -0.39 is 6.10 Å². The number of hydrogen-bond donors (Lipinski definition) is 1. The molecule has 0 unspecified atom stereocenters. The van der Waals surface area contributed by atoms with Crippen LogP contribution in [0, 0.1) is 0 Å². The van der Waals surface area contributed by atoms with Gasteiger partial charge in [-0.2, -0.15) is 0 Å². The highest BCUT2D eigenvalue weighted by Gasteiger charge is 2.25. The number of ether oxygens (including phenoxy) is 1. The van der Waals surface area contributed by atoms with Gasteiger partial charge in [0.05, 0.1) is 18.4 Å². The highest BCUT2D eigenvalue weighted by molar-refractivity contribution is 6.01. The van der Waals surface area contributed by atoms with Gasteiger partial charge in [0.25, 0.3) is 0 Å². The Morgan fingerprint density at radius 1 is 1.50 bits per heavy atom. The SMILES string of the molecule is C=CCN(C[C@H](O)COC)C[C@H]1CC(c2ccccc2)=NO1. The van der Waals surface area contributed by atoms with Crippen LogP contribution in [0.25, 0.3) is 0 Å². The maximum atomic E-state index is 9.88. The molecular formula is C17H24N2O3. The average molecular weight is 304 g/mol. The monoisotopic (exact) mass is 304 g/mol. The molecule has 5 nitrogen and oxygen atoms in total. The van der Waals surface area contributed by atoms with Gasteiger partial charge < -0.3 is 14.7 Å². The van der Waals surface area contributed by atoms with Crippen molar-refractivity contribution in [1.29, 1.82) is 0 Å². The van der Waals surface area contributed by atoms with E-state index in [4.69, 9.17) is 9.57 Å². The first-order valence-electron chi connectivity index (χ1n) is 7.51. The quantitative estimate of drug-likeness (QED) is 0.705. The van der Waals surface area contributed by atoms with Crippen molar-refractivity contribution in [1.82, 2.24) is 4.90 Å². The van der Waals surface area contributed by atoms with Crippen molar-refractivity contribution in [2.24, 2.45) is 5.16 Å². The van der Waals surface area contributed by atoms with Crippen LogP contribution >= 0.6 is 0 Å². The molecule has 1 heterocycles. The van der Waals surface area contributed by atoms with Crippen LogP contribution in [0.3, 0.4) is 0 Å². The topological polar surface area (TPSA) is 54.3 Å². The summed E-state index contributed by atoms with van der Waals surface area (Å²) in [4.78, 5) is 7.64. The van der Waals surface area contributed by atoms with E-state index in [2.05, 4.69) is 16.6 Å². The summed E-state index contributed by atoms with van der Waals surface area (Å²) in [6.45, 7) is 6.02. The molecule has 0 aromatic heterocycles. The standard InChI is InChI=1S/C17H24N2O3/c1-3-9-19(11-15(20)13-21-2)12-16-10-17(18-22-16)14-7-5-4-6-8-14/h3-8,15-16,20H,1,9-13H2,2H3/t15-,16+/m0/s1. The van der Waals surface area contributed by atoms with Crippen molar-refractivity contribution in [3.63, 3.8) is 0 Å². The number of oxime groups is 1. The van der Waals surface area contributed by atoms with Gasteiger partial charge in [0, 0.05) is 33.2 Å². The molecule has 0 spiro atoms. The Morgan fingerprint density at radius 3 is 2.95 bits per heavy atom. The van der Waals surface area contributed by atoms with Gasteiger partial charge in [0.1, 0.15) is 6.10 Å². The molecule has 120 valence electrons. The Labute approximate surface area is 131 Å². The van der Waals surface area contributed by atoms with Gasteiger partial charge >= 0.3 is 0 Å². The van der Waals surface area contributed by atoms with Crippen LogP contribution < -0.4 is 0 Å². The van der Waals surface area contributed by atoms with Crippen LogP contribution in [0.4, 0.5) is 0 Å². The Morgan fingerprint density at radius 2 is 2.27 bits per heavy atom. The van der Waals surface area contributed by atoms with Crippen molar-refractivity contribution in [2.45, 2.75) is 18.6 Å². The Balaban J connectivity index is 1.86. The minimum absolute atomic E-state index is 0.00454. The molecule has 1 N–H and O–H groups in total. The molecule has 2 atom stereocenters. The van der Waals surface area contributed by atoms with Crippen LogP contribution in [0.2, 0.25) is 0 Å². The Hall–Kier alpha value is -1.69. The van der Waals surface area contributed by atoms with Gasteiger partial charge in [-0.3, -0.25) is 4.90 Å². The summed E-state index contributed by atoms with van der Waals surface area (Å²) in [5, 5.41) is 14.1.